The summed E-state index contributed by atoms with van der Waals surface area (Å²) in [4.78, 5) is 19.0. The van der Waals surface area contributed by atoms with Crippen LogP contribution in [-0.4, -0.2) is 56.7 Å². The van der Waals surface area contributed by atoms with Gasteiger partial charge in [0.05, 0.1) is 13.7 Å². The van der Waals surface area contributed by atoms with Gasteiger partial charge < -0.3 is 25.0 Å². The monoisotopic (exact) mass is 416 g/mol. The Bertz CT molecular complexity index is 731. The number of nitrogens with one attached hydrogen (secondary N) is 2. The van der Waals surface area contributed by atoms with Crippen LogP contribution in [0.25, 0.3) is 0 Å². The number of aliphatic imine (C=N–C) groups is 1. The maximum absolute atomic E-state index is 12.6. The first kappa shape index (κ1) is 22.2. The zero-order valence-electron chi connectivity index (χ0n) is 18.6. The van der Waals surface area contributed by atoms with E-state index in [1.807, 2.05) is 23.1 Å². The summed E-state index contributed by atoms with van der Waals surface area (Å²) in [6, 6.07) is 6.21. The highest BCUT2D eigenvalue weighted by Crippen LogP contribution is 2.29. The number of likely N-dealkylation sites (tertiary alicyclic amines) is 1. The summed E-state index contributed by atoms with van der Waals surface area (Å²) in [7, 11) is 3.43. The number of hydrogen-bond acceptors (Lipinski definition) is 4. The molecule has 30 heavy (non-hydrogen) atoms. The molecule has 1 aromatic rings. The fourth-order valence-electron chi connectivity index (χ4n) is 4.24. The predicted octanol–water partition coefficient (Wildman–Crippen LogP) is 2.94. The first-order valence-corrected chi connectivity index (χ1v) is 11.2. The second-order valence-electron chi connectivity index (χ2n) is 8.16. The molecule has 1 saturated heterocycles. The van der Waals surface area contributed by atoms with Crippen LogP contribution in [0.15, 0.2) is 23.2 Å². The van der Waals surface area contributed by atoms with Crippen molar-refractivity contribution in [3.05, 3.63) is 23.8 Å². The van der Waals surface area contributed by atoms with Crippen LogP contribution < -0.4 is 20.1 Å². The third-order valence-corrected chi connectivity index (χ3v) is 5.92. The third-order valence-electron chi connectivity index (χ3n) is 5.92. The number of benzene rings is 1. The van der Waals surface area contributed by atoms with E-state index in [9.17, 15) is 4.79 Å². The first-order chi connectivity index (χ1) is 14.6. The third kappa shape index (κ3) is 5.80. The number of nitrogens with zero attached hydrogens (tertiary/aromatic N) is 2. The van der Waals surface area contributed by atoms with E-state index in [2.05, 4.69) is 22.5 Å². The summed E-state index contributed by atoms with van der Waals surface area (Å²) < 4.78 is 11.2. The quantitative estimate of drug-likeness (QED) is 0.503. The van der Waals surface area contributed by atoms with Crippen molar-refractivity contribution in [3.63, 3.8) is 0 Å². The first-order valence-electron chi connectivity index (χ1n) is 11.2. The molecule has 0 aromatic heterocycles. The lowest BCUT2D eigenvalue weighted by Gasteiger charge is -2.21. The van der Waals surface area contributed by atoms with Crippen molar-refractivity contribution >= 4 is 11.9 Å². The highest BCUT2D eigenvalue weighted by molar-refractivity contribution is 5.81. The smallest absolute Gasteiger partial charge is 0.225 e. The van der Waals surface area contributed by atoms with Crippen LogP contribution >= 0.6 is 0 Å². The van der Waals surface area contributed by atoms with Crippen molar-refractivity contribution in [1.29, 1.82) is 0 Å². The average molecular weight is 417 g/mol. The van der Waals surface area contributed by atoms with Crippen molar-refractivity contribution in [2.24, 2.45) is 10.9 Å². The molecular weight excluding hydrogens is 380 g/mol. The second-order valence-corrected chi connectivity index (χ2v) is 8.16. The summed E-state index contributed by atoms with van der Waals surface area (Å²) in [5, 5.41) is 6.83. The Morgan fingerprint density at radius 1 is 1.23 bits per heavy atom. The molecule has 3 rings (SSSR count). The predicted molar refractivity (Wildman–Crippen MR) is 119 cm³/mol. The molecule has 0 spiro atoms. The lowest BCUT2D eigenvalue weighted by atomic mass is 10.1. The zero-order valence-corrected chi connectivity index (χ0v) is 18.6. The molecule has 0 bridgehead atoms. The normalized spacial score (nSPS) is 19.8. The maximum Gasteiger partial charge on any atom is 0.225 e. The molecule has 2 aliphatic rings. The van der Waals surface area contributed by atoms with Gasteiger partial charge in [-0.25, -0.2) is 0 Å². The molecule has 1 aliphatic heterocycles. The van der Waals surface area contributed by atoms with Gasteiger partial charge in [0.2, 0.25) is 5.91 Å². The summed E-state index contributed by atoms with van der Waals surface area (Å²) >= 11 is 0. The highest BCUT2D eigenvalue weighted by atomic mass is 16.5. The Balaban J connectivity index is 1.48. The van der Waals surface area contributed by atoms with Gasteiger partial charge >= 0.3 is 0 Å². The molecule has 0 radical (unpaired) electrons. The topological polar surface area (TPSA) is 75.2 Å². The standard InChI is InChI=1S/C23H36N4O3/c1-4-13-30-20-10-9-17(14-21(20)29-3)15-25-23(24-2)26-19-11-12-27(16-19)22(28)18-7-5-6-8-18/h9-10,14,18-19H,4-8,11-13,15-16H2,1-3H3,(H2,24,25,26). The van der Waals surface area contributed by atoms with Crippen molar-refractivity contribution in [2.45, 2.75) is 58.0 Å². The number of hydrogen-bond donors (Lipinski definition) is 2. The molecule has 2 N–H and O–H groups in total. The van der Waals surface area contributed by atoms with E-state index in [-0.39, 0.29) is 12.0 Å². The number of rotatable bonds is 8. The van der Waals surface area contributed by atoms with Gasteiger partial charge in [0.15, 0.2) is 17.5 Å². The van der Waals surface area contributed by atoms with Crippen LogP contribution in [0, 0.1) is 5.92 Å². The lowest BCUT2D eigenvalue weighted by molar-refractivity contribution is -0.134. The largest absolute Gasteiger partial charge is 0.493 e. The van der Waals surface area contributed by atoms with Gasteiger partial charge in [0.25, 0.3) is 0 Å². The maximum atomic E-state index is 12.6. The number of carbonyl (C=O) groups excluding carboxylic acids is 1. The molecule has 1 saturated carbocycles. The van der Waals surface area contributed by atoms with Crippen molar-refractivity contribution < 1.29 is 14.3 Å². The Morgan fingerprint density at radius 3 is 2.73 bits per heavy atom. The summed E-state index contributed by atoms with van der Waals surface area (Å²) in [6.45, 7) is 4.97. The molecule has 1 amide bonds. The molecule has 7 heteroatoms. The minimum atomic E-state index is 0.237. The fraction of sp³-hybridized carbons (Fsp3) is 0.652. The number of guanidine groups is 1. The Labute approximate surface area is 180 Å². The zero-order chi connectivity index (χ0) is 21.3. The number of carbonyl (C=O) groups is 1. The Hall–Kier alpha value is -2.44. The SMILES string of the molecule is CCCOc1ccc(CNC(=NC)NC2CCN(C(=O)C3CCCC3)C2)cc1OC. The number of amides is 1. The van der Waals surface area contributed by atoms with Gasteiger partial charge in [-0.2, -0.15) is 0 Å². The number of ether oxygens (including phenoxy) is 2. The van der Waals surface area contributed by atoms with Gasteiger partial charge in [-0.1, -0.05) is 25.8 Å². The molecule has 166 valence electrons. The minimum absolute atomic E-state index is 0.237. The van der Waals surface area contributed by atoms with Crippen LogP contribution in [0.1, 0.15) is 51.0 Å². The highest BCUT2D eigenvalue weighted by Gasteiger charge is 2.32. The van der Waals surface area contributed by atoms with Gasteiger partial charge in [-0.15, -0.1) is 0 Å². The molecule has 1 aromatic carbocycles. The van der Waals surface area contributed by atoms with E-state index >= 15 is 0 Å². The molecule has 1 heterocycles. The van der Waals surface area contributed by atoms with E-state index in [1.165, 1.54) is 12.8 Å². The van der Waals surface area contributed by atoms with Gasteiger partial charge in [-0.3, -0.25) is 9.79 Å². The van der Waals surface area contributed by atoms with Crippen LogP contribution in [0.3, 0.4) is 0 Å². The van der Waals surface area contributed by atoms with Crippen molar-refractivity contribution in [2.75, 3.05) is 33.9 Å². The molecular formula is C23H36N4O3. The van der Waals surface area contributed by atoms with Crippen LogP contribution in [-0.2, 0) is 11.3 Å². The average Bonchev–Trinajstić information content (AvgIpc) is 3.47. The molecule has 2 fully saturated rings. The lowest BCUT2D eigenvalue weighted by Crippen LogP contribution is -2.45. The molecule has 1 unspecified atom stereocenters. The number of methoxy groups -OCH3 is 1. The van der Waals surface area contributed by atoms with E-state index in [0.717, 1.165) is 61.8 Å². The fourth-order valence-corrected chi connectivity index (χ4v) is 4.24. The van der Waals surface area contributed by atoms with E-state index < -0.39 is 0 Å². The Morgan fingerprint density at radius 2 is 2.03 bits per heavy atom. The van der Waals surface area contributed by atoms with Crippen LogP contribution in [0.4, 0.5) is 0 Å². The van der Waals surface area contributed by atoms with Crippen molar-refractivity contribution in [3.8, 4) is 11.5 Å². The van der Waals surface area contributed by atoms with Gasteiger partial charge in [0.1, 0.15) is 0 Å². The van der Waals surface area contributed by atoms with Crippen molar-refractivity contribution in [1.82, 2.24) is 15.5 Å². The van der Waals surface area contributed by atoms with E-state index in [1.54, 1.807) is 14.2 Å². The second kappa shape index (κ2) is 11.1. The minimum Gasteiger partial charge on any atom is -0.493 e. The van der Waals surface area contributed by atoms with E-state index in [4.69, 9.17) is 9.47 Å². The van der Waals surface area contributed by atoms with Gasteiger partial charge in [0, 0.05) is 38.6 Å². The summed E-state index contributed by atoms with van der Waals surface area (Å²) in [5.74, 6) is 2.85. The van der Waals surface area contributed by atoms with Crippen LogP contribution in [0.2, 0.25) is 0 Å². The summed E-state index contributed by atoms with van der Waals surface area (Å²) in [6.07, 6.45) is 6.42. The van der Waals surface area contributed by atoms with Gasteiger partial charge in [-0.05, 0) is 43.4 Å². The molecule has 1 aliphatic carbocycles. The summed E-state index contributed by atoms with van der Waals surface area (Å²) in [5.41, 5.74) is 1.09. The van der Waals surface area contributed by atoms with E-state index in [0.29, 0.717) is 19.1 Å². The van der Waals surface area contributed by atoms with Crippen LogP contribution in [0.5, 0.6) is 11.5 Å². The molecule has 7 nitrogen and oxygen atoms in total. The molecule has 1 atom stereocenters. The Kier molecular flexibility index (Phi) is 8.22.